The van der Waals surface area contributed by atoms with Crippen LogP contribution in [-0.4, -0.2) is 43.1 Å². The van der Waals surface area contributed by atoms with Gasteiger partial charge in [0.2, 0.25) is 0 Å². The predicted octanol–water partition coefficient (Wildman–Crippen LogP) is 2.89. The van der Waals surface area contributed by atoms with Crippen LogP contribution in [0, 0.1) is 0 Å². The molecule has 0 bridgehead atoms. The van der Waals surface area contributed by atoms with Crippen molar-refractivity contribution in [2.45, 2.75) is 24.8 Å². The van der Waals surface area contributed by atoms with Crippen LogP contribution in [0.4, 0.5) is 5.69 Å². The molecular weight excluding hydrogens is 290 g/mol. The molecule has 1 saturated carbocycles. The van der Waals surface area contributed by atoms with Crippen LogP contribution in [0.3, 0.4) is 0 Å². The van der Waals surface area contributed by atoms with E-state index in [1.807, 2.05) is 18.2 Å². The Hall–Kier alpha value is -0.840. The highest BCUT2D eigenvalue weighted by molar-refractivity contribution is 7.80. The lowest BCUT2D eigenvalue weighted by molar-refractivity contribution is 0.0683. The van der Waals surface area contributed by atoms with E-state index in [0.29, 0.717) is 10.0 Å². The second-order valence-electron chi connectivity index (χ2n) is 5.86. The zero-order chi connectivity index (χ0) is 14.9. The Morgan fingerprint density at radius 1 is 1.35 bits per heavy atom. The molecule has 0 amide bonds. The summed E-state index contributed by atoms with van der Waals surface area (Å²) in [4.78, 5) is 4.94. The molecule has 0 spiro atoms. The molecule has 1 fully saturated rings. The standard InChI is InChI=1S/C15H22ClN3S/c1-18(2)15(7-4-8-15)10-19(3)13-6-5-11(14(17)20)9-12(13)16/h5-6,9H,4,7-8,10H2,1-3H3,(H2,17,20). The Morgan fingerprint density at radius 3 is 2.40 bits per heavy atom. The van der Waals surface area contributed by atoms with Crippen molar-refractivity contribution in [1.82, 2.24) is 4.90 Å². The number of nitrogens with zero attached hydrogens (tertiary/aromatic N) is 2. The van der Waals surface area contributed by atoms with Crippen molar-refractivity contribution in [3.63, 3.8) is 0 Å². The Kier molecular flexibility index (Phi) is 4.57. The minimum absolute atomic E-state index is 0.278. The third-order valence-electron chi connectivity index (χ3n) is 4.41. The second kappa shape index (κ2) is 5.88. The van der Waals surface area contributed by atoms with Crippen molar-refractivity contribution in [2.75, 3.05) is 32.6 Å². The largest absolute Gasteiger partial charge is 0.389 e. The number of hydrogen-bond donors (Lipinski definition) is 1. The van der Waals surface area contributed by atoms with Gasteiger partial charge in [-0.3, -0.25) is 0 Å². The molecule has 1 aromatic rings. The lowest BCUT2D eigenvalue weighted by Gasteiger charge is -2.49. The monoisotopic (exact) mass is 311 g/mol. The number of thiocarbonyl (C=S) groups is 1. The molecule has 2 N–H and O–H groups in total. The van der Waals surface area contributed by atoms with Crippen LogP contribution in [0.25, 0.3) is 0 Å². The van der Waals surface area contributed by atoms with Crippen molar-refractivity contribution in [2.24, 2.45) is 5.73 Å². The molecule has 0 atom stereocenters. The van der Waals surface area contributed by atoms with Crippen LogP contribution in [0.2, 0.25) is 5.02 Å². The highest BCUT2D eigenvalue weighted by atomic mass is 35.5. The summed E-state index contributed by atoms with van der Waals surface area (Å²) in [6.07, 6.45) is 3.79. The molecule has 20 heavy (non-hydrogen) atoms. The first kappa shape index (κ1) is 15.5. The molecule has 110 valence electrons. The number of likely N-dealkylation sites (N-methyl/N-ethyl adjacent to an activating group) is 2. The van der Waals surface area contributed by atoms with Gasteiger partial charge in [0, 0.05) is 24.7 Å². The van der Waals surface area contributed by atoms with Crippen molar-refractivity contribution in [3.05, 3.63) is 28.8 Å². The summed E-state index contributed by atoms with van der Waals surface area (Å²) in [5, 5.41) is 0.700. The molecule has 0 heterocycles. The Morgan fingerprint density at radius 2 is 2.00 bits per heavy atom. The topological polar surface area (TPSA) is 32.5 Å². The van der Waals surface area contributed by atoms with E-state index in [1.54, 1.807) is 0 Å². The first-order chi connectivity index (χ1) is 9.35. The maximum atomic E-state index is 6.37. The summed E-state index contributed by atoms with van der Waals surface area (Å²) in [6, 6.07) is 5.78. The third kappa shape index (κ3) is 2.92. The molecule has 0 radical (unpaired) electrons. The Labute approximate surface area is 131 Å². The fourth-order valence-electron chi connectivity index (χ4n) is 2.83. The van der Waals surface area contributed by atoms with E-state index in [1.165, 1.54) is 19.3 Å². The molecule has 0 saturated heterocycles. The minimum Gasteiger partial charge on any atom is -0.389 e. The molecule has 0 aromatic heterocycles. The highest BCUT2D eigenvalue weighted by Crippen LogP contribution is 2.38. The van der Waals surface area contributed by atoms with Gasteiger partial charge in [-0.2, -0.15) is 0 Å². The predicted molar refractivity (Wildman–Crippen MR) is 90.9 cm³/mol. The summed E-state index contributed by atoms with van der Waals surface area (Å²) >= 11 is 11.3. The van der Waals surface area contributed by atoms with Gasteiger partial charge in [0.1, 0.15) is 4.99 Å². The molecule has 0 aliphatic heterocycles. The fraction of sp³-hybridized carbons (Fsp3) is 0.533. The molecule has 1 aliphatic carbocycles. The van der Waals surface area contributed by atoms with Crippen LogP contribution >= 0.6 is 23.8 Å². The highest BCUT2D eigenvalue weighted by Gasteiger charge is 2.40. The molecule has 5 heteroatoms. The number of anilines is 1. The van der Waals surface area contributed by atoms with Gasteiger partial charge in [-0.05, 0) is 51.6 Å². The van der Waals surface area contributed by atoms with Crippen LogP contribution in [0.15, 0.2) is 18.2 Å². The smallest absolute Gasteiger partial charge is 0.104 e. The summed E-state index contributed by atoms with van der Waals surface area (Å²) in [6.45, 7) is 0.978. The van der Waals surface area contributed by atoms with Crippen LogP contribution in [0.1, 0.15) is 24.8 Å². The van der Waals surface area contributed by atoms with Crippen LogP contribution in [-0.2, 0) is 0 Å². The number of halogens is 1. The van der Waals surface area contributed by atoms with E-state index in [2.05, 4.69) is 30.9 Å². The third-order valence-corrected chi connectivity index (χ3v) is 4.95. The van der Waals surface area contributed by atoms with Crippen LogP contribution in [0.5, 0.6) is 0 Å². The lowest BCUT2D eigenvalue weighted by atomic mass is 9.75. The van der Waals surface area contributed by atoms with E-state index >= 15 is 0 Å². The normalized spacial score (nSPS) is 16.9. The molecule has 3 nitrogen and oxygen atoms in total. The van der Waals surface area contributed by atoms with Gasteiger partial charge in [0.05, 0.1) is 10.7 Å². The summed E-state index contributed by atoms with van der Waals surface area (Å²) < 4.78 is 0. The average Bonchev–Trinajstić information content (AvgIpc) is 2.32. The zero-order valence-corrected chi connectivity index (χ0v) is 13.9. The molecule has 0 unspecified atom stereocenters. The first-order valence-corrected chi connectivity index (χ1v) is 7.62. The van der Waals surface area contributed by atoms with E-state index in [0.717, 1.165) is 17.8 Å². The van der Waals surface area contributed by atoms with E-state index < -0.39 is 0 Å². The van der Waals surface area contributed by atoms with Gasteiger partial charge < -0.3 is 15.5 Å². The van der Waals surface area contributed by atoms with Crippen molar-refractivity contribution >= 4 is 34.5 Å². The van der Waals surface area contributed by atoms with Crippen molar-refractivity contribution in [3.8, 4) is 0 Å². The number of nitrogens with two attached hydrogens (primary N) is 1. The van der Waals surface area contributed by atoms with Gasteiger partial charge in [0.15, 0.2) is 0 Å². The summed E-state index contributed by atoms with van der Waals surface area (Å²) in [7, 11) is 6.40. The second-order valence-corrected chi connectivity index (χ2v) is 6.71. The maximum Gasteiger partial charge on any atom is 0.104 e. The number of rotatable bonds is 5. The van der Waals surface area contributed by atoms with Crippen molar-refractivity contribution in [1.29, 1.82) is 0 Å². The summed E-state index contributed by atoms with van der Waals surface area (Å²) in [5.41, 5.74) is 7.75. The quantitative estimate of drug-likeness (QED) is 0.848. The number of hydrogen-bond acceptors (Lipinski definition) is 3. The van der Waals surface area contributed by atoms with Gasteiger partial charge in [-0.15, -0.1) is 0 Å². The van der Waals surface area contributed by atoms with E-state index in [-0.39, 0.29) is 5.54 Å². The minimum atomic E-state index is 0.278. The zero-order valence-electron chi connectivity index (χ0n) is 12.3. The first-order valence-electron chi connectivity index (χ1n) is 6.84. The Bertz CT molecular complexity index is 512. The molecular formula is C15H22ClN3S. The van der Waals surface area contributed by atoms with Gasteiger partial charge in [0.25, 0.3) is 0 Å². The van der Waals surface area contributed by atoms with Crippen LogP contribution < -0.4 is 10.6 Å². The fourth-order valence-corrected chi connectivity index (χ4v) is 3.28. The van der Waals surface area contributed by atoms with E-state index in [4.69, 9.17) is 29.6 Å². The average molecular weight is 312 g/mol. The van der Waals surface area contributed by atoms with Gasteiger partial charge in [-0.25, -0.2) is 0 Å². The maximum absolute atomic E-state index is 6.37. The van der Waals surface area contributed by atoms with Gasteiger partial charge >= 0.3 is 0 Å². The molecule has 1 aromatic carbocycles. The van der Waals surface area contributed by atoms with Crippen molar-refractivity contribution < 1.29 is 0 Å². The van der Waals surface area contributed by atoms with Gasteiger partial charge in [-0.1, -0.05) is 23.8 Å². The van der Waals surface area contributed by atoms with E-state index in [9.17, 15) is 0 Å². The SMILES string of the molecule is CN(CC1(N(C)C)CCC1)c1ccc(C(N)=S)cc1Cl. The molecule has 1 aliphatic rings. The number of benzene rings is 1. The summed E-state index contributed by atoms with van der Waals surface area (Å²) in [5.74, 6) is 0. The molecule has 2 rings (SSSR count). The Balaban J connectivity index is 2.17. The lowest BCUT2D eigenvalue weighted by Crippen LogP contribution is -2.56.